The van der Waals surface area contributed by atoms with Gasteiger partial charge in [0.15, 0.2) is 5.78 Å². The Kier molecular flexibility index (Phi) is 3.42. The molecule has 1 N–H and O–H groups in total. The molecule has 0 aromatic heterocycles. The van der Waals surface area contributed by atoms with Crippen LogP contribution >= 0.6 is 11.6 Å². The molecule has 0 amide bonds. The van der Waals surface area contributed by atoms with E-state index in [0.29, 0.717) is 11.4 Å². The van der Waals surface area contributed by atoms with E-state index in [9.17, 15) is 9.90 Å². The van der Waals surface area contributed by atoms with Gasteiger partial charge in [0.2, 0.25) is 0 Å². The minimum absolute atomic E-state index is 0.106. The van der Waals surface area contributed by atoms with Gasteiger partial charge in [0, 0.05) is 11.4 Å². The van der Waals surface area contributed by atoms with Gasteiger partial charge >= 0.3 is 0 Å². The smallest absolute Gasteiger partial charge is 0.155 e. The lowest BCUT2D eigenvalue weighted by Crippen LogP contribution is -2.09. The van der Waals surface area contributed by atoms with Crippen molar-refractivity contribution in [2.24, 2.45) is 0 Å². The SMILES string of the molecule is O=C1C=C(C(O)c2ccc(Cl)cc2)CCC1. The van der Waals surface area contributed by atoms with E-state index in [0.717, 1.165) is 24.0 Å². The van der Waals surface area contributed by atoms with Crippen molar-refractivity contribution in [3.8, 4) is 0 Å². The predicted molar refractivity (Wildman–Crippen MR) is 63.4 cm³/mol. The lowest BCUT2D eigenvalue weighted by molar-refractivity contribution is -0.115. The zero-order valence-electron chi connectivity index (χ0n) is 8.82. The largest absolute Gasteiger partial charge is 0.384 e. The van der Waals surface area contributed by atoms with Crippen molar-refractivity contribution < 1.29 is 9.90 Å². The molecule has 2 rings (SSSR count). The van der Waals surface area contributed by atoms with Crippen LogP contribution in [0.5, 0.6) is 0 Å². The van der Waals surface area contributed by atoms with Gasteiger partial charge in [-0.1, -0.05) is 23.7 Å². The lowest BCUT2D eigenvalue weighted by Gasteiger charge is -2.18. The maximum Gasteiger partial charge on any atom is 0.155 e. The molecule has 0 bridgehead atoms. The summed E-state index contributed by atoms with van der Waals surface area (Å²) in [4.78, 5) is 11.3. The average Bonchev–Trinajstić information content (AvgIpc) is 2.29. The molecule has 1 unspecified atom stereocenters. The normalized spacial score (nSPS) is 18.1. The van der Waals surface area contributed by atoms with Crippen molar-refractivity contribution in [1.29, 1.82) is 0 Å². The molecule has 3 heteroatoms. The van der Waals surface area contributed by atoms with Crippen LogP contribution in [0.25, 0.3) is 0 Å². The van der Waals surface area contributed by atoms with Crippen molar-refractivity contribution in [3.05, 3.63) is 46.5 Å². The number of carbonyl (C=O) groups excluding carboxylic acids is 1. The highest BCUT2D eigenvalue weighted by molar-refractivity contribution is 6.30. The Morgan fingerprint density at radius 1 is 1.19 bits per heavy atom. The average molecular weight is 237 g/mol. The molecule has 1 aliphatic carbocycles. The van der Waals surface area contributed by atoms with Crippen LogP contribution in [-0.2, 0) is 4.79 Å². The minimum Gasteiger partial charge on any atom is -0.384 e. The third-order valence-electron chi connectivity index (χ3n) is 2.77. The first kappa shape index (κ1) is 11.4. The standard InChI is InChI=1S/C13H13ClO2/c14-11-6-4-9(5-7-11)13(16)10-2-1-3-12(15)8-10/h4-8,13,16H,1-3H2. The summed E-state index contributed by atoms with van der Waals surface area (Å²) in [5.74, 6) is 0.106. The number of carbonyl (C=O) groups is 1. The van der Waals surface area contributed by atoms with Crippen molar-refractivity contribution in [2.45, 2.75) is 25.4 Å². The van der Waals surface area contributed by atoms with Gasteiger partial charge in [-0.2, -0.15) is 0 Å². The van der Waals surface area contributed by atoms with Gasteiger partial charge in [-0.25, -0.2) is 0 Å². The highest BCUT2D eigenvalue weighted by atomic mass is 35.5. The zero-order chi connectivity index (χ0) is 11.5. The summed E-state index contributed by atoms with van der Waals surface area (Å²) in [7, 11) is 0. The zero-order valence-corrected chi connectivity index (χ0v) is 9.57. The van der Waals surface area contributed by atoms with Crippen molar-refractivity contribution in [1.82, 2.24) is 0 Å². The summed E-state index contributed by atoms with van der Waals surface area (Å²) in [6.45, 7) is 0. The molecule has 0 aliphatic heterocycles. The fourth-order valence-electron chi connectivity index (χ4n) is 1.89. The minimum atomic E-state index is -0.679. The van der Waals surface area contributed by atoms with Crippen LogP contribution < -0.4 is 0 Å². The van der Waals surface area contributed by atoms with E-state index in [2.05, 4.69) is 0 Å². The molecule has 0 spiro atoms. The summed E-state index contributed by atoms with van der Waals surface area (Å²) in [6.07, 6.45) is 3.10. The maximum atomic E-state index is 11.3. The van der Waals surface area contributed by atoms with Crippen LogP contribution in [0.3, 0.4) is 0 Å². The van der Waals surface area contributed by atoms with Crippen molar-refractivity contribution in [2.75, 3.05) is 0 Å². The van der Waals surface area contributed by atoms with Gasteiger partial charge in [-0.15, -0.1) is 0 Å². The van der Waals surface area contributed by atoms with Gasteiger partial charge in [0.1, 0.15) is 6.10 Å². The Balaban J connectivity index is 2.21. The van der Waals surface area contributed by atoms with Gasteiger partial charge in [-0.3, -0.25) is 4.79 Å². The molecule has 0 fully saturated rings. The molecule has 0 heterocycles. The summed E-state index contributed by atoms with van der Waals surface area (Å²) >= 11 is 5.77. The highest BCUT2D eigenvalue weighted by Crippen LogP contribution is 2.29. The van der Waals surface area contributed by atoms with Gasteiger partial charge < -0.3 is 5.11 Å². The number of aliphatic hydroxyl groups is 1. The van der Waals surface area contributed by atoms with Crippen LogP contribution in [-0.4, -0.2) is 10.9 Å². The fourth-order valence-corrected chi connectivity index (χ4v) is 2.02. The number of allylic oxidation sites excluding steroid dienone is 1. The van der Waals surface area contributed by atoms with Crippen molar-refractivity contribution >= 4 is 17.4 Å². The molecule has 0 saturated heterocycles. The van der Waals surface area contributed by atoms with Crippen LogP contribution in [0.2, 0.25) is 5.02 Å². The Morgan fingerprint density at radius 3 is 2.50 bits per heavy atom. The van der Waals surface area contributed by atoms with E-state index in [1.54, 1.807) is 30.3 Å². The highest BCUT2D eigenvalue weighted by Gasteiger charge is 2.18. The van der Waals surface area contributed by atoms with E-state index in [1.165, 1.54) is 0 Å². The summed E-state index contributed by atoms with van der Waals surface area (Å²) in [5, 5.41) is 10.7. The van der Waals surface area contributed by atoms with E-state index in [4.69, 9.17) is 11.6 Å². The molecule has 1 aromatic rings. The van der Waals surface area contributed by atoms with E-state index >= 15 is 0 Å². The number of benzene rings is 1. The number of ketones is 1. The molecular weight excluding hydrogens is 224 g/mol. The molecule has 1 atom stereocenters. The molecule has 1 aliphatic rings. The number of aliphatic hydroxyl groups excluding tert-OH is 1. The molecule has 0 radical (unpaired) electrons. The van der Waals surface area contributed by atoms with E-state index < -0.39 is 6.10 Å². The Hall–Kier alpha value is -1.12. The number of halogens is 1. The molecule has 16 heavy (non-hydrogen) atoms. The monoisotopic (exact) mass is 236 g/mol. The Labute approximate surface area is 99.5 Å². The molecular formula is C13H13ClO2. The molecule has 1 aromatic carbocycles. The van der Waals surface area contributed by atoms with E-state index in [1.807, 2.05) is 0 Å². The number of rotatable bonds is 2. The van der Waals surface area contributed by atoms with Crippen molar-refractivity contribution in [3.63, 3.8) is 0 Å². The second-order valence-electron chi connectivity index (χ2n) is 3.99. The Bertz CT molecular complexity index is 420. The first-order chi connectivity index (χ1) is 7.66. The first-order valence-corrected chi connectivity index (χ1v) is 5.71. The van der Waals surface area contributed by atoms with E-state index in [-0.39, 0.29) is 5.78 Å². The summed E-state index contributed by atoms with van der Waals surface area (Å²) in [6, 6.07) is 7.05. The van der Waals surface area contributed by atoms with Gasteiger partial charge in [-0.05, 0) is 42.2 Å². The Morgan fingerprint density at radius 2 is 1.88 bits per heavy atom. The van der Waals surface area contributed by atoms with Gasteiger partial charge in [0.05, 0.1) is 0 Å². The van der Waals surface area contributed by atoms with Crippen LogP contribution in [0, 0.1) is 0 Å². The van der Waals surface area contributed by atoms with Crippen LogP contribution in [0.4, 0.5) is 0 Å². The summed E-state index contributed by atoms with van der Waals surface area (Å²) in [5.41, 5.74) is 1.59. The lowest BCUT2D eigenvalue weighted by atomic mass is 9.91. The van der Waals surface area contributed by atoms with Gasteiger partial charge in [0.25, 0.3) is 0 Å². The second-order valence-corrected chi connectivity index (χ2v) is 4.43. The quantitative estimate of drug-likeness (QED) is 0.857. The molecule has 2 nitrogen and oxygen atoms in total. The molecule has 0 saturated carbocycles. The topological polar surface area (TPSA) is 37.3 Å². The van der Waals surface area contributed by atoms with Crippen LogP contribution in [0.1, 0.15) is 30.9 Å². The number of hydrogen-bond donors (Lipinski definition) is 1. The molecule has 84 valence electrons. The third kappa shape index (κ3) is 2.52. The summed E-state index contributed by atoms with van der Waals surface area (Å²) < 4.78 is 0. The predicted octanol–water partition coefficient (Wildman–Crippen LogP) is 3.05. The first-order valence-electron chi connectivity index (χ1n) is 5.33. The number of hydrogen-bond acceptors (Lipinski definition) is 2. The fraction of sp³-hybridized carbons (Fsp3) is 0.308. The second kappa shape index (κ2) is 4.81. The van der Waals surface area contributed by atoms with Crippen LogP contribution in [0.15, 0.2) is 35.9 Å². The maximum absolute atomic E-state index is 11.3. The third-order valence-corrected chi connectivity index (χ3v) is 3.02.